The van der Waals surface area contributed by atoms with Crippen molar-refractivity contribution >= 4 is 0 Å². The van der Waals surface area contributed by atoms with E-state index in [1.54, 1.807) is 0 Å². The third kappa shape index (κ3) is 0.510. The van der Waals surface area contributed by atoms with Gasteiger partial charge in [-0.05, 0) is 12.8 Å². The second-order valence-electron chi connectivity index (χ2n) is 2.01. The molecule has 0 spiro atoms. The van der Waals surface area contributed by atoms with Crippen molar-refractivity contribution in [3.8, 4) is 0 Å². The largest absolute Gasteiger partial charge is 0.339 e. The van der Waals surface area contributed by atoms with E-state index < -0.39 is 0 Å². The lowest BCUT2D eigenvalue weighted by atomic mass is 10.4. The quantitative estimate of drug-likeness (QED) is 0.534. The molecule has 1 aromatic heterocycles. The summed E-state index contributed by atoms with van der Waals surface area (Å²) < 4.78 is 4.74. The fourth-order valence-corrected chi connectivity index (χ4v) is 0.653. The molecule has 1 saturated carbocycles. The van der Waals surface area contributed by atoms with E-state index in [1.807, 2.05) is 0 Å². The molecule has 1 fully saturated rings. The van der Waals surface area contributed by atoms with Crippen LogP contribution in [0.5, 0.6) is 0 Å². The summed E-state index contributed by atoms with van der Waals surface area (Å²) in [6.45, 7) is 0. The second-order valence-corrected chi connectivity index (χ2v) is 2.01. The molecule has 1 aliphatic carbocycles. The van der Waals surface area contributed by atoms with Crippen molar-refractivity contribution in [2.45, 2.75) is 18.8 Å². The molecule has 0 aromatic carbocycles. The Kier molecular flexibility index (Phi) is 0.664. The van der Waals surface area contributed by atoms with E-state index >= 15 is 0 Å². The highest BCUT2D eigenvalue weighted by atomic mass is 16.5. The van der Waals surface area contributed by atoms with Gasteiger partial charge in [0.25, 0.3) is 0 Å². The topological polar surface area (TPSA) is 38.9 Å². The van der Waals surface area contributed by atoms with Gasteiger partial charge < -0.3 is 4.52 Å². The summed E-state index contributed by atoms with van der Waals surface area (Å²) >= 11 is 0. The lowest BCUT2D eigenvalue weighted by Gasteiger charge is -1.77. The van der Waals surface area contributed by atoms with Crippen LogP contribution in [0.3, 0.4) is 0 Å². The Hall–Kier alpha value is -0.860. The summed E-state index contributed by atoms with van der Waals surface area (Å²) in [7, 11) is 0. The Labute approximate surface area is 46.7 Å². The third-order valence-corrected chi connectivity index (χ3v) is 1.27. The van der Waals surface area contributed by atoms with Gasteiger partial charge in [0.2, 0.25) is 12.2 Å². The molecule has 0 bridgehead atoms. The molecule has 2 rings (SSSR count). The SMILES string of the molecule is [c]1noc(C2CC2)n1. The molecule has 0 unspecified atom stereocenters. The van der Waals surface area contributed by atoms with Crippen LogP contribution in [0.4, 0.5) is 0 Å². The Morgan fingerprint density at radius 1 is 1.62 bits per heavy atom. The van der Waals surface area contributed by atoms with Gasteiger partial charge in [-0.3, -0.25) is 0 Å². The molecule has 0 saturated heterocycles. The maximum absolute atomic E-state index is 4.74. The summed E-state index contributed by atoms with van der Waals surface area (Å²) in [5, 5.41) is 3.37. The van der Waals surface area contributed by atoms with Crippen LogP contribution in [0.2, 0.25) is 0 Å². The first-order chi connectivity index (χ1) is 3.97. The van der Waals surface area contributed by atoms with Crippen molar-refractivity contribution in [3.63, 3.8) is 0 Å². The molecule has 41 valence electrons. The Morgan fingerprint density at radius 2 is 2.50 bits per heavy atom. The predicted molar refractivity (Wildman–Crippen MR) is 25.1 cm³/mol. The van der Waals surface area contributed by atoms with Gasteiger partial charge in [-0.15, -0.1) is 0 Å². The monoisotopic (exact) mass is 109 g/mol. The Balaban J connectivity index is 2.28. The molecule has 8 heavy (non-hydrogen) atoms. The molecular formula is C5H5N2O. The van der Waals surface area contributed by atoms with E-state index in [1.165, 1.54) is 12.8 Å². The smallest absolute Gasteiger partial charge is 0.243 e. The van der Waals surface area contributed by atoms with Crippen molar-refractivity contribution in [1.29, 1.82) is 0 Å². The van der Waals surface area contributed by atoms with E-state index in [0.29, 0.717) is 5.92 Å². The standard InChI is InChI=1S/C5H5N2O/c1-2-4(1)5-6-3-7-8-5/h4H,1-2H2. The molecule has 0 atom stereocenters. The van der Waals surface area contributed by atoms with Crippen LogP contribution in [-0.4, -0.2) is 10.1 Å². The molecule has 1 radical (unpaired) electrons. The van der Waals surface area contributed by atoms with E-state index in [2.05, 4.69) is 16.5 Å². The maximum atomic E-state index is 4.74. The van der Waals surface area contributed by atoms with Crippen molar-refractivity contribution in [3.05, 3.63) is 12.2 Å². The fourth-order valence-electron chi connectivity index (χ4n) is 0.653. The van der Waals surface area contributed by atoms with Crippen LogP contribution in [0.25, 0.3) is 0 Å². The molecule has 1 aromatic rings. The maximum Gasteiger partial charge on any atom is 0.243 e. The van der Waals surface area contributed by atoms with Crippen molar-refractivity contribution in [2.24, 2.45) is 0 Å². The number of hydrogen-bond donors (Lipinski definition) is 0. The van der Waals surface area contributed by atoms with E-state index in [-0.39, 0.29) is 0 Å². The molecular weight excluding hydrogens is 104 g/mol. The third-order valence-electron chi connectivity index (χ3n) is 1.27. The average Bonchev–Trinajstić information content (AvgIpc) is 2.49. The highest BCUT2D eigenvalue weighted by Gasteiger charge is 2.28. The van der Waals surface area contributed by atoms with Gasteiger partial charge in [0.1, 0.15) is 0 Å². The minimum Gasteiger partial charge on any atom is -0.339 e. The summed E-state index contributed by atoms with van der Waals surface area (Å²) in [6.07, 6.45) is 4.79. The lowest BCUT2D eigenvalue weighted by molar-refractivity contribution is 0.378. The van der Waals surface area contributed by atoms with Crippen molar-refractivity contribution < 1.29 is 4.52 Å². The normalized spacial score (nSPS) is 19.0. The molecule has 0 N–H and O–H groups in total. The molecule has 3 nitrogen and oxygen atoms in total. The zero-order valence-corrected chi connectivity index (χ0v) is 4.29. The second kappa shape index (κ2) is 1.31. The lowest BCUT2D eigenvalue weighted by Crippen LogP contribution is -1.73. The van der Waals surface area contributed by atoms with Gasteiger partial charge in [-0.1, -0.05) is 5.16 Å². The summed E-state index contributed by atoms with van der Waals surface area (Å²) in [6, 6.07) is 0. The van der Waals surface area contributed by atoms with E-state index in [9.17, 15) is 0 Å². The number of nitrogens with zero attached hydrogens (tertiary/aromatic N) is 2. The summed E-state index contributed by atoms with van der Waals surface area (Å²) in [4.78, 5) is 3.78. The predicted octanol–water partition coefficient (Wildman–Crippen LogP) is 0.747. The zero-order valence-electron chi connectivity index (χ0n) is 4.29. The summed E-state index contributed by atoms with van der Waals surface area (Å²) in [5.41, 5.74) is 0. The molecule has 3 heteroatoms. The van der Waals surface area contributed by atoms with Crippen LogP contribution < -0.4 is 0 Å². The van der Waals surface area contributed by atoms with Crippen molar-refractivity contribution in [1.82, 2.24) is 10.1 Å². The van der Waals surface area contributed by atoms with Gasteiger partial charge in [0.15, 0.2) is 0 Å². The fraction of sp³-hybridized carbons (Fsp3) is 0.600. The number of hydrogen-bond acceptors (Lipinski definition) is 3. The first kappa shape index (κ1) is 4.06. The molecule has 0 amide bonds. The zero-order chi connectivity index (χ0) is 5.40. The van der Waals surface area contributed by atoms with Gasteiger partial charge in [0, 0.05) is 5.92 Å². The number of aromatic nitrogens is 2. The Morgan fingerprint density at radius 3 is 3.00 bits per heavy atom. The van der Waals surface area contributed by atoms with Gasteiger partial charge in [-0.2, -0.15) is 4.98 Å². The van der Waals surface area contributed by atoms with Crippen molar-refractivity contribution in [2.75, 3.05) is 0 Å². The highest BCUT2D eigenvalue weighted by molar-refractivity contribution is 4.98. The molecule has 1 heterocycles. The van der Waals surface area contributed by atoms with Crippen LogP contribution in [0.15, 0.2) is 4.52 Å². The first-order valence-electron chi connectivity index (χ1n) is 2.66. The highest BCUT2D eigenvalue weighted by Crippen LogP contribution is 2.38. The van der Waals surface area contributed by atoms with Gasteiger partial charge in [0.05, 0.1) is 0 Å². The van der Waals surface area contributed by atoms with Crippen LogP contribution in [0.1, 0.15) is 24.7 Å². The first-order valence-corrected chi connectivity index (χ1v) is 2.66. The minimum absolute atomic E-state index is 0.564. The average molecular weight is 109 g/mol. The van der Waals surface area contributed by atoms with E-state index in [0.717, 1.165) is 5.89 Å². The van der Waals surface area contributed by atoms with Crippen LogP contribution in [0, 0.1) is 6.33 Å². The Bertz CT molecular complexity index is 167. The van der Waals surface area contributed by atoms with Gasteiger partial charge >= 0.3 is 0 Å². The van der Waals surface area contributed by atoms with E-state index in [4.69, 9.17) is 4.52 Å². The van der Waals surface area contributed by atoms with Crippen LogP contribution >= 0.6 is 0 Å². The minimum atomic E-state index is 0.564. The van der Waals surface area contributed by atoms with Gasteiger partial charge in [-0.25, -0.2) is 0 Å². The molecule has 0 aliphatic heterocycles. The number of rotatable bonds is 1. The molecule has 1 aliphatic rings. The summed E-state index contributed by atoms with van der Waals surface area (Å²) in [5.74, 6) is 1.32. The van der Waals surface area contributed by atoms with Crippen LogP contribution in [-0.2, 0) is 0 Å².